The molecule has 1 saturated heterocycles. The van der Waals surface area contributed by atoms with Crippen molar-refractivity contribution in [2.24, 2.45) is 10.9 Å². The van der Waals surface area contributed by atoms with Crippen LogP contribution in [0.4, 0.5) is 5.69 Å². The van der Waals surface area contributed by atoms with Gasteiger partial charge in [-0.1, -0.05) is 29.8 Å². The molecule has 4 rings (SSSR count). The molecule has 1 atom stereocenters. The van der Waals surface area contributed by atoms with Gasteiger partial charge >= 0.3 is 0 Å². The van der Waals surface area contributed by atoms with Crippen molar-refractivity contribution in [3.63, 3.8) is 0 Å². The summed E-state index contributed by atoms with van der Waals surface area (Å²) in [6.07, 6.45) is 0.679. The molecule has 0 aliphatic carbocycles. The van der Waals surface area contributed by atoms with Gasteiger partial charge in [0.15, 0.2) is 5.78 Å². The number of para-hydroxylation sites is 1. The zero-order valence-corrected chi connectivity index (χ0v) is 16.9. The lowest BCUT2D eigenvalue weighted by Gasteiger charge is -2.34. The van der Waals surface area contributed by atoms with E-state index in [0.29, 0.717) is 42.3 Å². The van der Waals surface area contributed by atoms with Crippen molar-refractivity contribution in [3.05, 3.63) is 58.6 Å². The zero-order chi connectivity index (χ0) is 20.4. The van der Waals surface area contributed by atoms with E-state index in [0.717, 1.165) is 17.0 Å². The summed E-state index contributed by atoms with van der Waals surface area (Å²) in [5.41, 5.74) is 3.07. The van der Waals surface area contributed by atoms with E-state index in [4.69, 9.17) is 16.3 Å². The van der Waals surface area contributed by atoms with Crippen LogP contribution in [0.5, 0.6) is 5.75 Å². The Morgan fingerprint density at radius 3 is 2.97 bits per heavy atom. The molecule has 0 bridgehead atoms. The number of hydrogen-bond acceptors (Lipinski definition) is 5. The van der Waals surface area contributed by atoms with E-state index in [1.165, 1.54) is 0 Å². The number of fused-ring (bicyclic) bond motifs is 2. The second kappa shape index (κ2) is 8.35. The molecule has 29 heavy (non-hydrogen) atoms. The molecule has 0 aromatic heterocycles. The van der Waals surface area contributed by atoms with Crippen LogP contribution in [-0.4, -0.2) is 49.0 Å². The number of nitrogens with one attached hydrogen (secondary N) is 1. The fourth-order valence-corrected chi connectivity index (χ4v) is 4.03. The Kier molecular flexibility index (Phi) is 5.65. The summed E-state index contributed by atoms with van der Waals surface area (Å²) in [7, 11) is 1.61. The van der Waals surface area contributed by atoms with Crippen LogP contribution in [0, 0.1) is 5.92 Å². The number of halogens is 1. The van der Waals surface area contributed by atoms with Crippen LogP contribution in [0.15, 0.2) is 47.5 Å². The number of hydrogen-bond donors (Lipinski definition) is 1. The fraction of sp³-hybridized carbons (Fsp3) is 0.318. The molecule has 6 nitrogen and oxygen atoms in total. The molecular formula is C22H22ClN3O3. The molecule has 0 radical (unpaired) electrons. The molecule has 150 valence electrons. The second-order valence-electron chi connectivity index (χ2n) is 7.26. The molecule has 2 aromatic carbocycles. The normalized spacial score (nSPS) is 18.5. The first kappa shape index (κ1) is 19.6. The number of rotatable bonds is 5. The summed E-state index contributed by atoms with van der Waals surface area (Å²) in [5.74, 6) is 0.392. The quantitative estimate of drug-likeness (QED) is 0.819. The van der Waals surface area contributed by atoms with Crippen molar-refractivity contribution in [1.82, 2.24) is 10.2 Å². The van der Waals surface area contributed by atoms with E-state index in [2.05, 4.69) is 10.3 Å². The average Bonchev–Trinajstić information content (AvgIpc) is 2.73. The maximum absolute atomic E-state index is 12.9. The third-order valence-corrected chi connectivity index (χ3v) is 5.60. The number of ether oxygens (including phenoxy) is 1. The Morgan fingerprint density at radius 2 is 2.14 bits per heavy atom. The topological polar surface area (TPSA) is 71.0 Å². The Morgan fingerprint density at radius 1 is 1.31 bits per heavy atom. The van der Waals surface area contributed by atoms with Crippen molar-refractivity contribution in [3.8, 4) is 5.75 Å². The van der Waals surface area contributed by atoms with Gasteiger partial charge in [-0.15, -0.1) is 0 Å². The summed E-state index contributed by atoms with van der Waals surface area (Å²) in [5, 5.41) is 3.46. The third-order valence-electron chi connectivity index (χ3n) is 5.37. The standard InChI is InChI=1S/C22H22ClN3O3/c1-29-20-5-3-2-4-14(20)11-24-21(27)13-26-9-8-19-17(12-26)22(28)16-10-15(23)6-7-18(16)25-19/h2-7,10,17H,8-9,11-13H2,1H3,(H,24,27). The summed E-state index contributed by atoms with van der Waals surface area (Å²) in [6, 6.07) is 12.8. The third kappa shape index (κ3) is 4.18. The molecule has 2 aliphatic heterocycles. The number of likely N-dealkylation sites (tertiary alicyclic amines) is 1. The lowest BCUT2D eigenvalue weighted by molar-refractivity contribution is -0.122. The van der Waals surface area contributed by atoms with E-state index in [9.17, 15) is 9.59 Å². The van der Waals surface area contributed by atoms with Gasteiger partial charge in [0.25, 0.3) is 0 Å². The molecule has 1 amide bonds. The van der Waals surface area contributed by atoms with E-state index in [1.54, 1.807) is 25.3 Å². The van der Waals surface area contributed by atoms with Crippen LogP contribution < -0.4 is 10.1 Å². The van der Waals surface area contributed by atoms with Gasteiger partial charge in [0.2, 0.25) is 5.91 Å². The van der Waals surface area contributed by atoms with Gasteiger partial charge in [-0.2, -0.15) is 0 Å². The van der Waals surface area contributed by atoms with Gasteiger partial charge in [0.1, 0.15) is 5.75 Å². The first-order chi connectivity index (χ1) is 14.0. The van der Waals surface area contributed by atoms with Crippen LogP contribution >= 0.6 is 11.6 Å². The molecule has 1 unspecified atom stereocenters. The Balaban J connectivity index is 1.37. The van der Waals surface area contributed by atoms with Crippen LogP contribution in [-0.2, 0) is 11.3 Å². The zero-order valence-electron chi connectivity index (χ0n) is 16.2. The van der Waals surface area contributed by atoms with Crippen LogP contribution in [0.3, 0.4) is 0 Å². The average molecular weight is 412 g/mol. The number of ketones is 1. The number of aliphatic imine (C=N–C) groups is 1. The number of carbonyl (C=O) groups excluding carboxylic acids is 2. The second-order valence-corrected chi connectivity index (χ2v) is 7.69. The molecule has 1 N–H and O–H groups in total. The number of amides is 1. The Bertz CT molecular complexity index is 989. The molecule has 7 heteroatoms. The highest BCUT2D eigenvalue weighted by atomic mass is 35.5. The van der Waals surface area contributed by atoms with Gasteiger partial charge in [-0.3, -0.25) is 19.5 Å². The highest BCUT2D eigenvalue weighted by Gasteiger charge is 2.36. The van der Waals surface area contributed by atoms with E-state index in [-0.39, 0.29) is 24.2 Å². The molecule has 0 saturated carbocycles. The minimum absolute atomic E-state index is 0.0339. The van der Waals surface area contributed by atoms with Gasteiger partial charge in [-0.05, 0) is 30.7 Å². The van der Waals surface area contributed by atoms with Crippen molar-refractivity contribution in [2.45, 2.75) is 13.0 Å². The SMILES string of the molecule is COc1ccccc1CNC(=O)CN1CCC2=Nc3ccc(Cl)cc3C(=O)C2C1. The first-order valence-corrected chi connectivity index (χ1v) is 9.95. The highest BCUT2D eigenvalue weighted by Crippen LogP contribution is 2.33. The maximum atomic E-state index is 12.9. The first-order valence-electron chi connectivity index (χ1n) is 9.57. The molecule has 0 spiro atoms. The van der Waals surface area contributed by atoms with Gasteiger partial charge in [0, 0.05) is 41.5 Å². The monoisotopic (exact) mass is 411 g/mol. The molecule has 1 fully saturated rings. The molecule has 2 aromatic rings. The Labute approximate surface area is 174 Å². The predicted octanol–water partition coefficient (Wildman–Crippen LogP) is 3.26. The smallest absolute Gasteiger partial charge is 0.234 e. The number of carbonyl (C=O) groups is 2. The molecule has 2 aliphatic rings. The fourth-order valence-electron chi connectivity index (χ4n) is 3.86. The summed E-state index contributed by atoms with van der Waals surface area (Å²) in [6.45, 7) is 1.84. The van der Waals surface area contributed by atoms with E-state index < -0.39 is 0 Å². The van der Waals surface area contributed by atoms with E-state index in [1.807, 2.05) is 29.2 Å². The van der Waals surface area contributed by atoms with E-state index >= 15 is 0 Å². The Hall–Kier alpha value is -2.70. The van der Waals surface area contributed by atoms with Crippen LogP contribution in [0.2, 0.25) is 5.02 Å². The maximum Gasteiger partial charge on any atom is 0.234 e. The van der Waals surface area contributed by atoms with Crippen molar-refractivity contribution < 1.29 is 14.3 Å². The molecular weight excluding hydrogens is 390 g/mol. The number of methoxy groups -OCH3 is 1. The minimum atomic E-state index is -0.309. The number of nitrogens with zero attached hydrogens (tertiary/aromatic N) is 2. The molecule has 2 heterocycles. The van der Waals surface area contributed by atoms with Crippen molar-refractivity contribution >= 4 is 34.7 Å². The van der Waals surface area contributed by atoms with Gasteiger partial charge in [0.05, 0.1) is 25.3 Å². The lowest BCUT2D eigenvalue weighted by Crippen LogP contribution is -2.48. The summed E-state index contributed by atoms with van der Waals surface area (Å²) in [4.78, 5) is 32.1. The highest BCUT2D eigenvalue weighted by molar-refractivity contribution is 6.31. The largest absolute Gasteiger partial charge is 0.496 e. The number of piperidine rings is 1. The van der Waals surface area contributed by atoms with Gasteiger partial charge in [-0.25, -0.2) is 0 Å². The van der Waals surface area contributed by atoms with Crippen LogP contribution in [0.25, 0.3) is 0 Å². The number of benzene rings is 2. The number of Topliss-reactive ketones (excluding diaryl/α,β-unsaturated/α-hetero) is 1. The predicted molar refractivity (Wildman–Crippen MR) is 112 cm³/mol. The summed E-state index contributed by atoms with van der Waals surface area (Å²) < 4.78 is 5.31. The van der Waals surface area contributed by atoms with Crippen molar-refractivity contribution in [2.75, 3.05) is 26.7 Å². The lowest BCUT2D eigenvalue weighted by atomic mass is 9.85. The minimum Gasteiger partial charge on any atom is -0.496 e. The van der Waals surface area contributed by atoms with Crippen molar-refractivity contribution in [1.29, 1.82) is 0 Å². The summed E-state index contributed by atoms with van der Waals surface area (Å²) >= 11 is 6.05. The van der Waals surface area contributed by atoms with Crippen LogP contribution in [0.1, 0.15) is 22.3 Å². The van der Waals surface area contributed by atoms with Gasteiger partial charge < -0.3 is 10.1 Å².